The molecule has 8 heteroatoms. The van der Waals surface area contributed by atoms with Crippen LogP contribution < -0.4 is 9.80 Å². The summed E-state index contributed by atoms with van der Waals surface area (Å²) in [4.78, 5) is 28.7. The van der Waals surface area contributed by atoms with E-state index >= 15 is 0 Å². The number of carbonyl (C=O) groups is 2. The van der Waals surface area contributed by atoms with Crippen LogP contribution in [0.4, 0.5) is 17.3 Å². The van der Waals surface area contributed by atoms with Crippen molar-refractivity contribution in [1.29, 1.82) is 0 Å². The van der Waals surface area contributed by atoms with Gasteiger partial charge in [0.1, 0.15) is 0 Å². The average Bonchev–Trinajstić information content (AvgIpc) is 3.51. The zero-order valence-corrected chi connectivity index (χ0v) is 22.2. The molecule has 2 aliphatic heterocycles. The third-order valence-corrected chi connectivity index (χ3v) is 7.88. The van der Waals surface area contributed by atoms with Crippen LogP contribution in [0.5, 0.6) is 0 Å². The van der Waals surface area contributed by atoms with Gasteiger partial charge in [0.25, 0.3) is 0 Å². The van der Waals surface area contributed by atoms with Gasteiger partial charge in [-0.15, -0.1) is 10.2 Å². The molecule has 6 rings (SSSR count). The Balaban J connectivity index is 1.55. The number of aromatic nitrogens is 3. The first-order chi connectivity index (χ1) is 18.4. The van der Waals surface area contributed by atoms with Crippen LogP contribution in [0.2, 0.25) is 0 Å². The lowest BCUT2D eigenvalue weighted by atomic mass is 9.88. The van der Waals surface area contributed by atoms with Gasteiger partial charge in [0.05, 0.1) is 24.7 Å². The number of ether oxygens (including phenoxy) is 1. The van der Waals surface area contributed by atoms with Crippen LogP contribution in [0.3, 0.4) is 0 Å². The summed E-state index contributed by atoms with van der Waals surface area (Å²) in [6.07, 6.45) is 1.58. The maximum Gasteiger partial charge on any atom is 0.310 e. The number of amides is 1. The normalized spacial score (nSPS) is 15.0. The number of nitrogens with zero attached hydrogens (tertiary/aromatic N) is 5. The number of methoxy groups -OCH3 is 1. The lowest BCUT2D eigenvalue weighted by Crippen LogP contribution is -2.30. The number of rotatable bonds is 5. The van der Waals surface area contributed by atoms with Crippen LogP contribution in [-0.4, -0.2) is 46.8 Å². The van der Waals surface area contributed by atoms with E-state index in [1.165, 1.54) is 18.4 Å². The van der Waals surface area contributed by atoms with E-state index in [0.29, 0.717) is 18.8 Å². The van der Waals surface area contributed by atoms with Gasteiger partial charge >= 0.3 is 5.97 Å². The first kappa shape index (κ1) is 24.2. The zero-order valence-electron chi connectivity index (χ0n) is 22.2. The molecule has 1 fully saturated rings. The summed E-state index contributed by atoms with van der Waals surface area (Å²) in [5.74, 6) is 1.14. The summed E-state index contributed by atoms with van der Waals surface area (Å²) >= 11 is 0. The molecule has 4 aromatic rings. The van der Waals surface area contributed by atoms with Gasteiger partial charge < -0.3 is 14.2 Å². The van der Waals surface area contributed by atoms with Gasteiger partial charge in [-0.2, -0.15) is 0 Å². The Hall–Kier alpha value is -4.20. The topological polar surface area (TPSA) is 80.6 Å². The highest BCUT2D eigenvalue weighted by Crippen LogP contribution is 2.46. The third kappa shape index (κ3) is 3.83. The quantitative estimate of drug-likeness (QED) is 0.352. The van der Waals surface area contributed by atoms with Crippen LogP contribution in [0.15, 0.2) is 42.5 Å². The monoisotopic (exact) mass is 509 g/mol. The number of carbonyl (C=O) groups excluding carboxylic acids is 2. The Morgan fingerprint density at radius 1 is 0.947 bits per heavy atom. The predicted octanol–water partition coefficient (Wildman–Crippen LogP) is 5.02. The molecule has 0 atom stereocenters. The average molecular weight is 510 g/mol. The fourth-order valence-electron chi connectivity index (χ4n) is 5.94. The molecule has 194 valence electrons. The van der Waals surface area contributed by atoms with Crippen LogP contribution >= 0.6 is 0 Å². The highest BCUT2D eigenvalue weighted by molar-refractivity contribution is 6.08. The fraction of sp³-hybridized carbons (Fsp3) is 0.333. The largest absolute Gasteiger partial charge is 0.469 e. The van der Waals surface area contributed by atoms with E-state index in [0.717, 1.165) is 64.2 Å². The Morgan fingerprint density at radius 2 is 1.66 bits per heavy atom. The maximum atomic E-state index is 12.6. The number of esters is 1. The van der Waals surface area contributed by atoms with Gasteiger partial charge in [-0.1, -0.05) is 29.8 Å². The Bertz CT molecular complexity index is 1570. The number of hydrogen-bond acceptors (Lipinski definition) is 6. The molecule has 1 saturated heterocycles. The minimum atomic E-state index is -0.272. The van der Waals surface area contributed by atoms with Crippen molar-refractivity contribution >= 4 is 40.1 Å². The fourth-order valence-corrected chi connectivity index (χ4v) is 5.94. The summed E-state index contributed by atoms with van der Waals surface area (Å²) in [5, 5.41) is 10.1. The number of anilines is 3. The first-order valence-corrected chi connectivity index (χ1v) is 13.1. The van der Waals surface area contributed by atoms with Crippen molar-refractivity contribution in [2.24, 2.45) is 0 Å². The second kappa shape index (κ2) is 9.28. The van der Waals surface area contributed by atoms with Crippen LogP contribution in [0.1, 0.15) is 35.2 Å². The highest BCUT2D eigenvalue weighted by atomic mass is 16.5. The number of aryl methyl sites for hydroxylation is 2. The Labute approximate surface area is 221 Å². The zero-order chi connectivity index (χ0) is 26.6. The number of benzene rings is 2. The SMILES string of the molecule is COC(=O)Cc1c(C)c2c3c(cc(C)n3CCN2c2ccc(N3CCCC3=O)nn2)c1-c1ccc(C)cc1. The maximum absolute atomic E-state index is 12.6. The second-order valence-corrected chi connectivity index (χ2v) is 10.2. The third-order valence-electron chi connectivity index (χ3n) is 7.88. The van der Waals surface area contributed by atoms with E-state index in [-0.39, 0.29) is 18.3 Å². The van der Waals surface area contributed by atoms with Crippen molar-refractivity contribution in [1.82, 2.24) is 14.8 Å². The van der Waals surface area contributed by atoms with E-state index < -0.39 is 0 Å². The van der Waals surface area contributed by atoms with E-state index in [2.05, 4.69) is 70.8 Å². The second-order valence-electron chi connectivity index (χ2n) is 10.2. The van der Waals surface area contributed by atoms with Crippen molar-refractivity contribution in [2.45, 2.75) is 46.6 Å². The van der Waals surface area contributed by atoms with E-state index in [4.69, 9.17) is 4.74 Å². The van der Waals surface area contributed by atoms with E-state index in [1.807, 2.05) is 12.1 Å². The number of hydrogen-bond donors (Lipinski definition) is 0. The van der Waals surface area contributed by atoms with E-state index in [1.54, 1.807) is 4.90 Å². The summed E-state index contributed by atoms with van der Waals surface area (Å²) in [5.41, 5.74) is 8.67. The van der Waals surface area contributed by atoms with Gasteiger partial charge in [-0.25, -0.2) is 0 Å². The molecule has 2 aromatic heterocycles. The lowest BCUT2D eigenvalue weighted by molar-refractivity contribution is -0.139. The molecule has 0 radical (unpaired) electrons. The van der Waals surface area contributed by atoms with Crippen LogP contribution in [0.25, 0.3) is 22.0 Å². The van der Waals surface area contributed by atoms with Gasteiger partial charge in [-0.05, 0) is 67.6 Å². The summed E-state index contributed by atoms with van der Waals surface area (Å²) < 4.78 is 7.48. The molecule has 4 heterocycles. The molecular weight excluding hydrogens is 478 g/mol. The van der Waals surface area contributed by atoms with Crippen molar-refractivity contribution in [2.75, 3.05) is 30.0 Å². The lowest BCUT2D eigenvalue weighted by Gasteiger charge is -2.33. The van der Waals surface area contributed by atoms with Crippen molar-refractivity contribution in [3.05, 3.63) is 64.8 Å². The Morgan fingerprint density at radius 3 is 2.29 bits per heavy atom. The molecule has 0 spiro atoms. The van der Waals surface area contributed by atoms with Crippen LogP contribution in [-0.2, 0) is 27.3 Å². The molecule has 0 unspecified atom stereocenters. The minimum absolute atomic E-state index is 0.0926. The molecule has 2 aromatic carbocycles. The smallest absolute Gasteiger partial charge is 0.310 e. The Kier molecular flexibility index (Phi) is 5.90. The molecule has 38 heavy (non-hydrogen) atoms. The summed E-state index contributed by atoms with van der Waals surface area (Å²) in [6.45, 7) is 8.50. The standard InChI is InChI=1S/C30H31N5O3/c1-18-7-9-21(10-8-18)28-22(17-27(37)38-4)20(3)29-30-23(28)16-19(2)33(30)14-15-35(29)25-12-11-24(31-32-25)34-13-5-6-26(34)36/h7-12,16H,5-6,13-15,17H2,1-4H3. The molecule has 0 N–H and O–H groups in total. The highest BCUT2D eigenvalue weighted by Gasteiger charge is 2.31. The van der Waals surface area contributed by atoms with Crippen molar-refractivity contribution in [3.8, 4) is 11.1 Å². The van der Waals surface area contributed by atoms with Crippen molar-refractivity contribution < 1.29 is 14.3 Å². The van der Waals surface area contributed by atoms with Crippen molar-refractivity contribution in [3.63, 3.8) is 0 Å². The van der Waals surface area contributed by atoms with Gasteiger partial charge in [0, 0.05) is 37.1 Å². The molecule has 0 saturated carbocycles. The van der Waals surface area contributed by atoms with Gasteiger partial charge in [0.2, 0.25) is 5.91 Å². The predicted molar refractivity (Wildman–Crippen MR) is 148 cm³/mol. The van der Waals surface area contributed by atoms with Crippen LogP contribution in [0, 0.1) is 20.8 Å². The minimum Gasteiger partial charge on any atom is -0.469 e. The van der Waals surface area contributed by atoms with E-state index in [9.17, 15) is 9.59 Å². The summed E-state index contributed by atoms with van der Waals surface area (Å²) in [6, 6.07) is 14.5. The van der Waals surface area contributed by atoms with Gasteiger partial charge in [0.15, 0.2) is 11.6 Å². The summed E-state index contributed by atoms with van der Waals surface area (Å²) in [7, 11) is 1.43. The molecule has 0 bridgehead atoms. The molecule has 0 aliphatic carbocycles. The van der Waals surface area contributed by atoms with Gasteiger partial charge in [-0.3, -0.25) is 14.5 Å². The molecule has 8 nitrogen and oxygen atoms in total. The molecule has 2 aliphatic rings. The first-order valence-electron chi connectivity index (χ1n) is 13.1. The molecule has 1 amide bonds. The molecular formula is C30H31N5O3.